The Morgan fingerprint density at radius 2 is 1.48 bits per heavy atom. The van der Waals surface area contributed by atoms with Crippen molar-refractivity contribution < 1.29 is 31.1 Å². The van der Waals surface area contributed by atoms with Gasteiger partial charge >= 0.3 is 6.03 Å². The van der Waals surface area contributed by atoms with E-state index in [9.17, 15) is 21.6 Å². The number of hydrogen-bond donors (Lipinski definition) is 0. The number of rotatable bonds is 11. The first-order valence-electron chi connectivity index (χ1n) is 16.0. The Morgan fingerprint density at radius 3 is 2.00 bits per heavy atom. The molecule has 2 aliphatic heterocycles. The monoisotopic (exact) mass is 765 g/mol. The van der Waals surface area contributed by atoms with Gasteiger partial charge in [-0.2, -0.15) is 0 Å². The molecular formula is C34H41Cl2N5O7S2. The van der Waals surface area contributed by atoms with E-state index in [-0.39, 0.29) is 40.6 Å². The van der Waals surface area contributed by atoms with E-state index in [0.29, 0.717) is 48.3 Å². The number of halogens is 2. The van der Waals surface area contributed by atoms with Crippen molar-refractivity contribution in [3.05, 3.63) is 87.4 Å². The van der Waals surface area contributed by atoms with Crippen LogP contribution in [0.2, 0.25) is 10.0 Å². The second kappa shape index (κ2) is 15.5. The number of carbonyl (C=O) groups is 1. The van der Waals surface area contributed by atoms with Crippen LogP contribution in [0, 0.1) is 0 Å². The molecule has 3 aromatic rings. The summed E-state index contributed by atoms with van der Waals surface area (Å²) in [6.45, 7) is 4.05. The minimum absolute atomic E-state index is 0.0289. The van der Waals surface area contributed by atoms with Crippen LogP contribution in [0.4, 0.5) is 4.79 Å². The Morgan fingerprint density at radius 1 is 0.900 bits per heavy atom. The summed E-state index contributed by atoms with van der Waals surface area (Å²) in [5.41, 5.74) is 1.82. The number of hydrogen-bond acceptors (Lipinski definition) is 9. The maximum Gasteiger partial charge on any atom is 0.326 e. The molecule has 0 saturated carbocycles. The van der Waals surface area contributed by atoms with Gasteiger partial charge in [0.05, 0.1) is 31.1 Å². The summed E-state index contributed by atoms with van der Waals surface area (Å²) in [4.78, 5) is 25.3. The number of ether oxygens (including phenoxy) is 2. The first-order valence-corrected chi connectivity index (χ1v) is 20.2. The zero-order valence-corrected chi connectivity index (χ0v) is 31.7. The molecule has 2 heterocycles. The molecule has 2 atom stereocenters. The maximum absolute atomic E-state index is 14.9. The quantitative estimate of drug-likeness (QED) is 0.268. The van der Waals surface area contributed by atoms with E-state index in [4.69, 9.17) is 37.7 Å². The molecule has 0 bridgehead atoms. The smallest absolute Gasteiger partial charge is 0.326 e. The summed E-state index contributed by atoms with van der Waals surface area (Å²) in [5.74, 6) is 0.615. The molecule has 12 nitrogen and oxygen atoms in total. The molecule has 5 rings (SSSR count). The number of amidine groups is 1. The van der Waals surface area contributed by atoms with Gasteiger partial charge in [-0.25, -0.2) is 25.9 Å². The lowest BCUT2D eigenvalue weighted by Gasteiger charge is -2.39. The van der Waals surface area contributed by atoms with Gasteiger partial charge in [0.15, 0.2) is 0 Å². The Kier molecular flexibility index (Phi) is 11.7. The highest BCUT2D eigenvalue weighted by Gasteiger charge is 2.45. The number of carbonyl (C=O) groups excluding carboxylic acids is 1. The van der Waals surface area contributed by atoms with Gasteiger partial charge in [0.25, 0.3) is 0 Å². The molecule has 0 radical (unpaired) electrons. The third-order valence-corrected chi connectivity index (χ3v) is 11.9. The molecule has 2 unspecified atom stereocenters. The van der Waals surface area contributed by atoms with Gasteiger partial charge in [-0.15, -0.1) is 0 Å². The predicted octanol–water partition coefficient (Wildman–Crippen LogP) is 4.98. The first kappa shape index (κ1) is 37.8. The van der Waals surface area contributed by atoms with Crippen molar-refractivity contribution in [2.45, 2.75) is 23.9 Å². The highest BCUT2D eigenvalue weighted by molar-refractivity contribution is 7.90. The van der Waals surface area contributed by atoms with E-state index in [2.05, 4.69) is 0 Å². The first-order chi connectivity index (χ1) is 23.6. The highest BCUT2D eigenvalue weighted by atomic mass is 35.5. The minimum Gasteiger partial charge on any atom is -0.495 e. The second-order valence-electron chi connectivity index (χ2n) is 12.3. The number of piperazine rings is 1. The van der Waals surface area contributed by atoms with E-state index in [1.54, 1.807) is 41.0 Å². The van der Waals surface area contributed by atoms with Crippen LogP contribution in [0.3, 0.4) is 0 Å². The molecule has 3 aromatic carbocycles. The van der Waals surface area contributed by atoms with Crippen LogP contribution in [0.25, 0.3) is 0 Å². The SMILES string of the molecule is CCOc1cc(OC)c(S(=O)(=O)N(C)C)cc1C1=NC(c2ccc(Cl)cc2)C(c2ccc(Cl)cc2)N1C(=O)N1CCN(CCS(C)(=O)=O)CC1. The molecule has 270 valence electrons. The van der Waals surface area contributed by atoms with Crippen LogP contribution >= 0.6 is 23.2 Å². The molecule has 0 N–H and O–H groups in total. The molecule has 2 aliphatic rings. The molecular weight excluding hydrogens is 725 g/mol. The zero-order chi connectivity index (χ0) is 36.4. The van der Waals surface area contributed by atoms with Crippen molar-refractivity contribution in [1.82, 2.24) is 19.0 Å². The van der Waals surface area contributed by atoms with Gasteiger partial charge in [0.1, 0.15) is 38.1 Å². The fraction of sp³-hybridized carbons (Fsp3) is 0.412. The van der Waals surface area contributed by atoms with E-state index in [1.165, 1.54) is 39.6 Å². The van der Waals surface area contributed by atoms with Gasteiger partial charge in [-0.1, -0.05) is 47.5 Å². The molecule has 0 aromatic heterocycles. The number of methoxy groups -OCH3 is 1. The summed E-state index contributed by atoms with van der Waals surface area (Å²) < 4.78 is 63.5. The summed E-state index contributed by atoms with van der Waals surface area (Å²) in [7, 11) is -2.93. The third-order valence-electron chi connectivity index (χ3n) is 8.68. The largest absolute Gasteiger partial charge is 0.495 e. The van der Waals surface area contributed by atoms with Crippen molar-refractivity contribution in [2.24, 2.45) is 4.99 Å². The number of benzene rings is 3. The normalized spacial score (nSPS) is 18.8. The van der Waals surface area contributed by atoms with Crippen LogP contribution in [-0.4, -0.2) is 120 Å². The summed E-state index contributed by atoms with van der Waals surface area (Å²) in [6, 6.07) is 15.7. The average molecular weight is 767 g/mol. The fourth-order valence-corrected chi connectivity index (χ4v) is 7.91. The maximum atomic E-state index is 14.9. The number of sulfone groups is 1. The van der Waals surface area contributed by atoms with E-state index < -0.39 is 31.9 Å². The van der Waals surface area contributed by atoms with Crippen LogP contribution in [-0.2, 0) is 19.9 Å². The molecule has 1 fully saturated rings. The lowest BCUT2D eigenvalue weighted by atomic mass is 9.93. The van der Waals surface area contributed by atoms with Gasteiger partial charge in [0.2, 0.25) is 10.0 Å². The van der Waals surface area contributed by atoms with Crippen molar-refractivity contribution in [3.63, 3.8) is 0 Å². The van der Waals surface area contributed by atoms with Crippen molar-refractivity contribution >= 4 is 54.9 Å². The topological polar surface area (TPSA) is 129 Å². The van der Waals surface area contributed by atoms with E-state index >= 15 is 0 Å². The number of sulfonamides is 1. The van der Waals surface area contributed by atoms with Crippen LogP contribution in [0.5, 0.6) is 11.5 Å². The van der Waals surface area contributed by atoms with Gasteiger partial charge < -0.3 is 14.4 Å². The van der Waals surface area contributed by atoms with Crippen LogP contribution in [0.15, 0.2) is 70.6 Å². The summed E-state index contributed by atoms with van der Waals surface area (Å²) in [6.07, 6.45) is 1.21. The molecule has 0 aliphatic carbocycles. The lowest BCUT2D eigenvalue weighted by Crippen LogP contribution is -2.54. The minimum atomic E-state index is -4.02. The molecule has 1 saturated heterocycles. The number of urea groups is 1. The fourth-order valence-electron chi connectivity index (χ4n) is 6.01. The molecule has 2 amide bonds. The van der Waals surface area contributed by atoms with E-state index in [1.807, 2.05) is 29.2 Å². The summed E-state index contributed by atoms with van der Waals surface area (Å²) in [5, 5.41) is 1.05. The van der Waals surface area contributed by atoms with E-state index in [0.717, 1.165) is 15.4 Å². The van der Waals surface area contributed by atoms with Crippen LogP contribution < -0.4 is 9.47 Å². The Balaban J connectivity index is 1.69. The second-order valence-corrected chi connectivity index (χ2v) is 17.5. The van der Waals surface area contributed by atoms with Crippen molar-refractivity contribution in [3.8, 4) is 11.5 Å². The average Bonchev–Trinajstić information content (AvgIpc) is 3.47. The lowest BCUT2D eigenvalue weighted by molar-refractivity contribution is 0.122. The van der Waals surface area contributed by atoms with Crippen molar-refractivity contribution in [2.75, 3.05) is 72.5 Å². The summed E-state index contributed by atoms with van der Waals surface area (Å²) >= 11 is 12.6. The van der Waals surface area contributed by atoms with Crippen molar-refractivity contribution in [1.29, 1.82) is 0 Å². The zero-order valence-electron chi connectivity index (χ0n) is 28.5. The Labute approximate surface area is 304 Å². The Hall–Kier alpha value is -3.40. The molecule has 16 heteroatoms. The molecule has 0 spiro atoms. The highest BCUT2D eigenvalue weighted by Crippen LogP contribution is 2.46. The third kappa shape index (κ3) is 8.21. The van der Waals surface area contributed by atoms with Gasteiger partial charge in [0, 0.05) is 69.2 Å². The molecule has 50 heavy (non-hydrogen) atoms. The number of nitrogens with zero attached hydrogens (tertiary/aromatic N) is 5. The van der Waals surface area contributed by atoms with Gasteiger partial charge in [-0.05, 0) is 48.4 Å². The van der Waals surface area contributed by atoms with Gasteiger partial charge in [-0.3, -0.25) is 14.8 Å². The number of amides is 2. The standard InChI is InChI=1S/C34H41Cl2N5O7S2/c1-6-48-28-22-29(47-4)30(50(45,46)38(2)3)21-27(28)33-37-31(23-7-11-25(35)12-8-23)32(24-9-13-26(36)14-10-24)41(33)34(42)40-17-15-39(16-18-40)19-20-49(5,43)44/h7-14,21-22,31-32H,6,15-20H2,1-5H3. The Bertz CT molecular complexity index is 1950. The predicted molar refractivity (Wildman–Crippen MR) is 195 cm³/mol. The number of aliphatic imine (C=N–C) groups is 1. The van der Waals surface area contributed by atoms with Crippen LogP contribution in [0.1, 0.15) is 35.7 Å².